The van der Waals surface area contributed by atoms with Crippen LogP contribution in [0.3, 0.4) is 0 Å². The van der Waals surface area contributed by atoms with E-state index in [-0.39, 0.29) is 10.8 Å². The topological polar surface area (TPSA) is 6.48 Å². The third-order valence-electron chi connectivity index (χ3n) is 17.1. The smallest absolute Gasteiger partial charge is 0.0505 e. The average molecular weight is 821 g/mol. The van der Waals surface area contributed by atoms with Gasteiger partial charge >= 0.3 is 0 Å². The van der Waals surface area contributed by atoms with Gasteiger partial charge in [0, 0.05) is 48.3 Å². The highest BCUT2D eigenvalue weighted by molar-refractivity contribution is 7.25. The molecule has 304 valence electrons. The third-order valence-corrected chi connectivity index (χ3v) is 18.2. The summed E-state index contributed by atoms with van der Waals surface area (Å²) in [7, 11) is 0. The molecule has 7 aliphatic carbocycles. The van der Waals surface area contributed by atoms with Crippen molar-refractivity contribution in [3.05, 3.63) is 192 Å². The van der Waals surface area contributed by atoms with E-state index < -0.39 is 0 Å². The lowest BCUT2D eigenvalue weighted by Crippen LogP contribution is -2.49. The Morgan fingerprint density at radius 2 is 0.968 bits per heavy atom. The molecular formula is C59H52N2S. The Hall–Kier alpha value is -5.64. The first-order chi connectivity index (χ1) is 30.6. The van der Waals surface area contributed by atoms with Crippen LogP contribution in [0.1, 0.15) is 79.2 Å². The second-order valence-electron chi connectivity index (χ2n) is 20.2. The summed E-state index contributed by atoms with van der Waals surface area (Å²) in [5.74, 6) is 3.75. The van der Waals surface area contributed by atoms with E-state index in [2.05, 4.69) is 174 Å². The highest BCUT2D eigenvalue weighted by Crippen LogP contribution is 2.69. The number of benzene rings is 7. The molecule has 0 aliphatic heterocycles. The molecule has 0 radical (unpaired) electrons. The maximum Gasteiger partial charge on any atom is 0.0505 e. The first kappa shape index (κ1) is 35.9. The summed E-state index contributed by atoms with van der Waals surface area (Å²) < 4.78 is 2.74. The molecule has 3 heteroatoms. The van der Waals surface area contributed by atoms with Crippen molar-refractivity contribution in [2.24, 2.45) is 29.6 Å². The first-order valence-corrected chi connectivity index (χ1v) is 24.4. The number of hydrogen-bond donors (Lipinski definition) is 0. The molecule has 5 fully saturated rings. The summed E-state index contributed by atoms with van der Waals surface area (Å²) in [6, 6.07) is 63.2. The fourth-order valence-corrected chi connectivity index (χ4v) is 16.6. The molecule has 3 atom stereocenters. The van der Waals surface area contributed by atoms with Gasteiger partial charge in [0.15, 0.2) is 0 Å². The SMILES string of the molecule is c1ccc(N(c2ccccc2)c2cccc3c2C24c5c(cccc5N(c5ccc6c(c5)sc5ccccc56)c5ccccc5C56CC7CC(CC(C7)C5)C6)CC2CCC4C3)cc1. The van der Waals surface area contributed by atoms with E-state index in [1.807, 2.05) is 11.3 Å². The number of thiophene rings is 1. The van der Waals surface area contributed by atoms with Crippen molar-refractivity contribution in [2.45, 2.75) is 75.0 Å². The van der Waals surface area contributed by atoms with E-state index >= 15 is 0 Å². The van der Waals surface area contributed by atoms with Crippen LogP contribution in [-0.4, -0.2) is 0 Å². The minimum atomic E-state index is -0.0880. The van der Waals surface area contributed by atoms with Gasteiger partial charge in [-0.05, 0) is 188 Å². The molecule has 62 heavy (non-hydrogen) atoms. The van der Waals surface area contributed by atoms with Gasteiger partial charge in [0.05, 0.1) is 11.4 Å². The Labute approximate surface area is 369 Å². The van der Waals surface area contributed by atoms with Crippen molar-refractivity contribution >= 4 is 65.6 Å². The Balaban J connectivity index is 1.03. The fraction of sp³-hybridized carbons (Fsp3) is 0.288. The minimum Gasteiger partial charge on any atom is -0.310 e. The van der Waals surface area contributed by atoms with E-state index in [0.717, 1.165) is 30.6 Å². The van der Waals surface area contributed by atoms with Gasteiger partial charge in [-0.1, -0.05) is 103 Å². The normalized spacial score (nSPS) is 27.3. The van der Waals surface area contributed by atoms with E-state index in [4.69, 9.17) is 0 Å². The second kappa shape index (κ2) is 13.4. The Kier molecular flexibility index (Phi) is 7.78. The molecular weight excluding hydrogens is 769 g/mol. The predicted molar refractivity (Wildman–Crippen MR) is 259 cm³/mol. The van der Waals surface area contributed by atoms with Gasteiger partial charge in [-0.3, -0.25) is 0 Å². The zero-order valence-corrected chi connectivity index (χ0v) is 36.2. The fourth-order valence-electron chi connectivity index (χ4n) is 15.4. The predicted octanol–water partition coefficient (Wildman–Crippen LogP) is 15.9. The van der Waals surface area contributed by atoms with Crippen molar-refractivity contribution in [1.29, 1.82) is 0 Å². The number of rotatable bonds is 7. The van der Waals surface area contributed by atoms with Gasteiger partial charge in [-0.25, -0.2) is 0 Å². The van der Waals surface area contributed by atoms with Crippen molar-refractivity contribution in [3.63, 3.8) is 0 Å². The molecule has 0 amide bonds. The van der Waals surface area contributed by atoms with Crippen LogP contribution in [0.25, 0.3) is 20.2 Å². The monoisotopic (exact) mass is 820 g/mol. The maximum atomic E-state index is 2.80. The molecule has 15 rings (SSSR count). The van der Waals surface area contributed by atoms with Gasteiger partial charge in [-0.15, -0.1) is 11.3 Å². The molecule has 1 spiro atoms. The quantitative estimate of drug-likeness (QED) is 0.158. The summed E-state index contributed by atoms with van der Waals surface area (Å²) in [5, 5.41) is 2.74. The van der Waals surface area contributed by atoms with Gasteiger partial charge in [-0.2, -0.15) is 0 Å². The van der Waals surface area contributed by atoms with Crippen LogP contribution in [0.2, 0.25) is 0 Å². The average Bonchev–Trinajstić information content (AvgIpc) is 4.04. The number of hydrogen-bond acceptors (Lipinski definition) is 3. The largest absolute Gasteiger partial charge is 0.310 e. The maximum absolute atomic E-state index is 2.80. The minimum absolute atomic E-state index is 0.0880. The summed E-state index contributed by atoms with van der Waals surface area (Å²) in [6.07, 6.45) is 13.3. The molecule has 1 aromatic heterocycles. The molecule has 5 saturated carbocycles. The lowest BCUT2D eigenvalue weighted by Gasteiger charge is -2.57. The number of nitrogens with zero attached hydrogens (tertiary/aromatic N) is 2. The van der Waals surface area contributed by atoms with Gasteiger partial charge in [0.25, 0.3) is 0 Å². The van der Waals surface area contributed by atoms with Crippen LogP contribution < -0.4 is 9.80 Å². The van der Waals surface area contributed by atoms with E-state index in [1.54, 1.807) is 27.8 Å². The lowest BCUT2D eigenvalue weighted by atomic mass is 9.48. The van der Waals surface area contributed by atoms with Gasteiger partial charge in [0.1, 0.15) is 0 Å². The number of para-hydroxylation sites is 3. The molecule has 0 saturated heterocycles. The van der Waals surface area contributed by atoms with Crippen LogP contribution >= 0.6 is 11.3 Å². The van der Waals surface area contributed by atoms with E-state index in [1.165, 1.54) is 106 Å². The molecule has 4 bridgehead atoms. The summed E-state index contributed by atoms with van der Waals surface area (Å²) in [4.78, 5) is 5.37. The number of fused-ring (bicyclic) bond motifs is 5. The van der Waals surface area contributed by atoms with Crippen molar-refractivity contribution in [3.8, 4) is 0 Å². The van der Waals surface area contributed by atoms with Crippen molar-refractivity contribution in [1.82, 2.24) is 0 Å². The van der Waals surface area contributed by atoms with Gasteiger partial charge in [0.2, 0.25) is 0 Å². The Morgan fingerprint density at radius 1 is 0.435 bits per heavy atom. The Bertz CT molecular complexity index is 2970. The molecule has 7 aromatic carbocycles. The van der Waals surface area contributed by atoms with Crippen LogP contribution in [0, 0.1) is 29.6 Å². The second-order valence-corrected chi connectivity index (χ2v) is 21.3. The molecule has 0 N–H and O–H groups in total. The number of anilines is 6. The molecule has 2 nitrogen and oxygen atoms in total. The lowest BCUT2D eigenvalue weighted by molar-refractivity contribution is -0.00491. The molecule has 7 aliphatic rings. The Morgan fingerprint density at radius 3 is 1.61 bits per heavy atom. The molecule has 8 aromatic rings. The highest BCUT2D eigenvalue weighted by Gasteiger charge is 2.62. The third kappa shape index (κ3) is 5.03. The van der Waals surface area contributed by atoms with Crippen molar-refractivity contribution in [2.75, 3.05) is 9.80 Å². The highest BCUT2D eigenvalue weighted by atomic mass is 32.1. The first-order valence-electron chi connectivity index (χ1n) is 23.6. The standard InChI is InChI=1S/C59H52N2S/c1-3-15-45(16-4-1)60(46-17-5-2-6-18-46)52-22-11-13-41-32-43-25-26-44-33-42-14-12-23-53(57(42)59(43,44)56(41)52)61(47-27-28-49-48-19-7-10-24-54(48)62-55(49)34-47)51-21-9-8-20-50(51)58-35-38-29-39(36-58)31-40(30-38)37-58/h1-24,27-28,34,38-40,43-44H,25-26,29-33,35-37H2. The van der Waals surface area contributed by atoms with Gasteiger partial charge < -0.3 is 9.80 Å². The van der Waals surface area contributed by atoms with Crippen LogP contribution in [-0.2, 0) is 23.7 Å². The van der Waals surface area contributed by atoms with Crippen molar-refractivity contribution < 1.29 is 0 Å². The van der Waals surface area contributed by atoms with Crippen LogP contribution in [0.4, 0.5) is 34.1 Å². The zero-order valence-electron chi connectivity index (χ0n) is 35.3. The molecule has 1 heterocycles. The zero-order chi connectivity index (χ0) is 40.6. The van der Waals surface area contributed by atoms with E-state index in [9.17, 15) is 0 Å². The summed E-state index contributed by atoms with van der Waals surface area (Å²) in [6.45, 7) is 0. The van der Waals surface area contributed by atoms with E-state index in [0.29, 0.717) is 11.8 Å². The summed E-state index contributed by atoms with van der Waals surface area (Å²) in [5.41, 5.74) is 16.0. The van der Waals surface area contributed by atoms with Crippen LogP contribution in [0.5, 0.6) is 0 Å². The molecule has 3 unspecified atom stereocenters. The summed E-state index contributed by atoms with van der Waals surface area (Å²) >= 11 is 1.95. The van der Waals surface area contributed by atoms with Crippen LogP contribution in [0.15, 0.2) is 164 Å².